The maximum atomic E-state index is 11.3. The summed E-state index contributed by atoms with van der Waals surface area (Å²) in [6, 6.07) is 5.52. The molecule has 19 rings (SSSR count). The molecule has 0 aliphatic carbocycles. The van der Waals surface area contributed by atoms with E-state index in [1.54, 1.807) is 85.1 Å². The third-order valence-corrected chi connectivity index (χ3v) is 27.2. The molecule has 15 aromatic carbocycles. The molecule has 0 atom stereocenters. The zero-order valence-corrected chi connectivity index (χ0v) is 61.3. The summed E-state index contributed by atoms with van der Waals surface area (Å²) in [5.41, 5.74) is 1.00. The van der Waals surface area contributed by atoms with E-state index in [0.29, 0.717) is 28.0 Å². The van der Waals surface area contributed by atoms with Gasteiger partial charge in [-0.3, -0.25) is 4.57 Å². The van der Waals surface area contributed by atoms with Gasteiger partial charge in [-0.1, -0.05) is 347 Å². The zero-order chi connectivity index (χ0) is 104. The van der Waals surface area contributed by atoms with Crippen LogP contribution in [0, 0.1) is 18.5 Å². The molecule has 8 heteroatoms. The third-order valence-electron chi connectivity index (χ3n) is 19.2. The molecule has 518 valence electrons. The molecule has 0 unspecified atom stereocenters. The Labute approximate surface area is 698 Å². The second kappa shape index (κ2) is 27.8. The zero-order valence-electron chi connectivity index (χ0n) is 94.0. The largest absolute Gasteiger partial charge is 0.510 e. The van der Waals surface area contributed by atoms with Gasteiger partial charge in [-0.2, -0.15) is 18.2 Å². The first-order valence-corrected chi connectivity index (χ1v) is 37.7. The molecule has 1 aliphatic heterocycles. The van der Waals surface area contributed by atoms with Crippen molar-refractivity contribution in [3.8, 4) is 84.3 Å². The Balaban J connectivity index is 0.0000138. The molecule has 0 N–H and O–H groups in total. The normalized spacial score (nSPS) is 16.8. The second-order valence-corrected chi connectivity index (χ2v) is 33.1. The monoisotopic (exact) mass is 1630 g/mol. The van der Waals surface area contributed by atoms with Crippen molar-refractivity contribution in [2.24, 2.45) is 0 Å². The molecule has 3 aromatic heterocycles. The summed E-state index contributed by atoms with van der Waals surface area (Å²) >= 11 is 0. The Morgan fingerprint density at radius 3 is 1.48 bits per heavy atom. The van der Waals surface area contributed by atoms with Gasteiger partial charge in [0.25, 0.3) is 6.33 Å². The van der Waals surface area contributed by atoms with Gasteiger partial charge in [0.15, 0.2) is 16.1 Å². The second-order valence-electron chi connectivity index (χ2n) is 26.1. The maximum absolute atomic E-state index is 11.3. The number of aromatic nitrogens is 4. The van der Waals surface area contributed by atoms with E-state index in [1.807, 2.05) is 47.0 Å². The van der Waals surface area contributed by atoms with Gasteiger partial charge >= 0.3 is 0 Å². The van der Waals surface area contributed by atoms with Gasteiger partial charge in [-0.25, -0.2) is 4.98 Å². The molecule has 1 aliphatic rings. The molecule has 18 aromatic rings. The summed E-state index contributed by atoms with van der Waals surface area (Å²) in [6.45, 7) is 6.22. The van der Waals surface area contributed by atoms with Gasteiger partial charge in [0.2, 0.25) is 0 Å². The van der Waals surface area contributed by atoms with Crippen molar-refractivity contribution in [3.05, 3.63) is 405 Å². The van der Waals surface area contributed by atoms with Gasteiger partial charge in [-0.05, 0) is 143 Å². The molecule has 0 fully saturated rings. The van der Waals surface area contributed by atoms with E-state index >= 15 is 0 Å². The molecule has 108 heavy (non-hydrogen) atoms. The van der Waals surface area contributed by atoms with Gasteiger partial charge in [0.05, 0.1) is 67.4 Å². The van der Waals surface area contributed by atoms with Crippen LogP contribution in [0.1, 0.15) is 77.1 Å². The van der Waals surface area contributed by atoms with Crippen LogP contribution in [0.3, 0.4) is 0 Å². The Hall–Kier alpha value is -12.4. The number of benzene rings is 15. The molecule has 0 saturated heterocycles. The van der Waals surface area contributed by atoms with E-state index in [-0.39, 0.29) is 88.2 Å². The molecule has 0 spiro atoms. The number of ether oxygens (including phenoxy) is 1. The van der Waals surface area contributed by atoms with Crippen LogP contribution < -0.4 is 50.8 Å². The summed E-state index contributed by atoms with van der Waals surface area (Å²) in [7, 11) is -13.0. The Bertz CT molecular complexity index is 8420. The van der Waals surface area contributed by atoms with E-state index in [4.69, 9.17) is 17.9 Å². The minimum atomic E-state index is -6.58. The van der Waals surface area contributed by atoms with Gasteiger partial charge in [0.1, 0.15) is 5.82 Å². The number of imidazole rings is 1. The Kier molecular flexibility index (Phi) is 9.86. The van der Waals surface area contributed by atoms with Gasteiger partial charge in [-0.15, -0.1) is 29.7 Å². The average molecular weight is 1630 g/mol. The average Bonchev–Trinajstić information content (AvgIpc) is 0.882. The van der Waals surface area contributed by atoms with E-state index < -0.39 is 292 Å². The van der Waals surface area contributed by atoms with Crippen molar-refractivity contribution < 1.29 is 81.1 Å². The minimum Gasteiger partial charge on any atom is -0.510 e. The fraction of sp³-hybridized carbons (Fsp3) is 0.0400. The third kappa shape index (κ3) is 11.4. The van der Waals surface area contributed by atoms with E-state index in [2.05, 4.69) is 39.2 Å². The van der Waals surface area contributed by atoms with Gasteiger partial charge in [0, 0.05) is 44.3 Å². The van der Waals surface area contributed by atoms with Crippen LogP contribution in [0.25, 0.3) is 106 Å². The van der Waals surface area contributed by atoms with Crippen LogP contribution >= 0.6 is 0 Å². The van der Waals surface area contributed by atoms with E-state index in [9.17, 15) is 42.5 Å². The molecule has 0 saturated carbocycles. The molecule has 0 amide bonds. The maximum Gasteiger partial charge on any atom is 0.268 e. The topological polar surface area (TPSA) is 35.9 Å². The quantitative estimate of drug-likeness (QED) is 0.0471. The standard InChI is InChI=1S/C100H72N4OSi2.Pt/c1-100(2,3)73-60-61-101-97(66-73)104-94-57-27-26-54-90(94)91-59-58-76(68-95(91)104)105-75-35-30-34-74(67-75)102-69-103-98-85(71-33-29-49-84(63-71)107(80-42-16-7-17-43-80,81-44-18-8-19-45-81)82-46-20-9-21-47-82)55-31-56-92(98)88-52-24-22-50-86(88)87-51-23-25-53-89(87)93-64-72(65-96(102)99(93)103)70-32-28-48-83(62-70)106(77-36-10-4-11-37-77,78-38-12-5-13-39-78)79-40-14-6-15-41-79;/h4-66H,1-3H3;/q-2;/i4D,5D,6D,7D,8D,9D,10D,11D,12D,13D,14D,16D,17D,18D,19D,20D,21D,28D,29D,32D,33D,36D,37D,38D,39D,40D,41D,42D,43D,44D,45D,46D,47D,48D,49D,62D,63D;. The number of fused-ring (bicyclic) bond motifs is 10. The fourth-order valence-corrected chi connectivity index (χ4v) is 21.6. The predicted molar refractivity (Wildman–Crippen MR) is 447 cm³/mol. The summed E-state index contributed by atoms with van der Waals surface area (Å²) in [6.07, 6.45) is 5.24. The SMILES string of the molecule is [2H]c1cc([2H])c([Si](c2c([2H])c([2H])c([2H])c([2H])c2[2H])(c2c([2H])c([2H])c([2H])c([2H])c2[2H])c2c([2H])c([2H])c([2H])c(-c3cc4c5c(c3)n(-c3[c-]c(Oc6[c-]c7c(cc6)c6ccccc6n7-c6cc(C(C)(C)C)ccn6)ccc3)[c-][n+]5-c3c(cccc3-c3c([2H])c([2H])c([2H])c([Si](c5c([2H])c([2H])c([2H])c([2H])c5[2H])(c5c([2H])c([2H])c([2H])c([2H])c5[2H])c5c([2H])c([2H])c([2H])c([2H])c5[2H])c3[2H])-c3ccccc3-c3ccccc3-4)c2[2H])c([2H])c1[2H].[Pt]. The van der Waals surface area contributed by atoms with Crippen molar-refractivity contribution in [3.63, 3.8) is 0 Å². The molecule has 4 heterocycles. The van der Waals surface area contributed by atoms with E-state index in [1.165, 1.54) is 33.4 Å². The first-order chi connectivity index (χ1) is 68.0. The molecule has 0 bridgehead atoms. The van der Waals surface area contributed by atoms with Crippen LogP contribution in [-0.4, -0.2) is 30.3 Å². The number of rotatable bonds is 14. The number of hydrogen-bond donors (Lipinski definition) is 0. The Morgan fingerprint density at radius 2 is 0.880 bits per heavy atom. The van der Waals surface area contributed by atoms with E-state index in [0.717, 1.165) is 27.9 Å². The predicted octanol–water partition coefficient (Wildman–Crippen LogP) is 18.3. The number of pyridine rings is 1. The van der Waals surface area contributed by atoms with Crippen LogP contribution in [0.5, 0.6) is 11.5 Å². The van der Waals surface area contributed by atoms with Crippen molar-refractivity contribution in [1.82, 2.24) is 14.1 Å². The summed E-state index contributed by atoms with van der Waals surface area (Å²) in [5, 5.41) is -6.91. The first-order valence-electron chi connectivity index (χ1n) is 52.2. The molecule has 5 nitrogen and oxygen atoms in total. The summed E-state index contributed by atoms with van der Waals surface area (Å²) in [5.74, 6) is 0.663. The molecule has 0 radical (unpaired) electrons. The van der Waals surface area contributed by atoms with Crippen LogP contribution in [-0.2, 0) is 26.5 Å². The smallest absolute Gasteiger partial charge is 0.268 e. The number of nitrogens with zero attached hydrogens (tertiary/aromatic N) is 4. The van der Waals surface area contributed by atoms with Crippen molar-refractivity contribution in [2.45, 2.75) is 26.2 Å². The van der Waals surface area contributed by atoms with Gasteiger partial charge < -0.3 is 13.9 Å². The van der Waals surface area contributed by atoms with Crippen LogP contribution in [0.2, 0.25) is 0 Å². The van der Waals surface area contributed by atoms with Crippen molar-refractivity contribution >= 4 is 90.5 Å². The van der Waals surface area contributed by atoms with Crippen LogP contribution in [0.15, 0.2) is 381 Å². The number of hydrogen-bond acceptors (Lipinski definition) is 2. The number of para-hydroxylation sites is 2. The first kappa shape index (κ1) is 38.3. The fourth-order valence-electron chi connectivity index (χ4n) is 14.5. The van der Waals surface area contributed by atoms with Crippen LogP contribution in [0.4, 0.5) is 0 Å². The van der Waals surface area contributed by atoms with Crippen molar-refractivity contribution in [2.75, 3.05) is 0 Å². The van der Waals surface area contributed by atoms with Crippen molar-refractivity contribution in [1.29, 1.82) is 0 Å². The minimum absolute atomic E-state index is 0. The summed E-state index contributed by atoms with van der Waals surface area (Å²) in [4.78, 5) is 4.86. The Morgan fingerprint density at radius 1 is 0.389 bits per heavy atom. The molecular weight excluding hydrogens is 1520 g/mol. The summed E-state index contributed by atoms with van der Waals surface area (Å²) < 4.78 is 374. The molecular formula is C100H72N4OPtSi2-2.